The van der Waals surface area contributed by atoms with E-state index in [0.717, 1.165) is 24.6 Å². The molecule has 1 fully saturated rings. The summed E-state index contributed by atoms with van der Waals surface area (Å²) in [4.78, 5) is 11.4. The number of carbonyl (C=O) groups excluding carboxylic acids is 1. The highest BCUT2D eigenvalue weighted by atomic mass is 32.2. The van der Waals surface area contributed by atoms with Crippen molar-refractivity contribution in [1.29, 1.82) is 0 Å². The van der Waals surface area contributed by atoms with Crippen molar-refractivity contribution in [2.75, 3.05) is 32.2 Å². The Hall–Kier alpha value is -0.0831. The maximum atomic E-state index is 11.4. The third-order valence-electron chi connectivity index (χ3n) is 2.81. The SMILES string of the molecule is CCO[Si](CCCCOC(=O)C1CS1)(OCC)OCC. The summed E-state index contributed by atoms with van der Waals surface area (Å²) in [6.07, 6.45) is 1.71. The molecule has 0 N–H and O–H groups in total. The molecule has 1 rings (SSSR count). The molecule has 1 unspecified atom stereocenters. The van der Waals surface area contributed by atoms with E-state index < -0.39 is 8.80 Å². The zero-order valence-corrected chi connectivity index (χ0v) is 14.5. The molecule has 1 aliphatic heterocycles. The molecule has 0 radical (unpaired) electrons. The van der Waals surface area contributed by atoms with E-state index in [9.17, 15) is 4.79 Å². The minimum atomic E-state index is -2.53. The number of ether oxygens (including phenoxy) is 1. The van der Waals surface area contributed by atoms with Crippen LogP contribution in [0.2, 0.25) is 6.04 Å². The van der Waals surface area contributed by atoms with Gasteiger partial charge in [-0.3, -0.25) is 4.79 Å². The van der Waals surface area contributed by atoms with Gasteiger partial charge in [-0.25, -0.2) is 0 Å². The number of hydrogen-bond donors (Lipinski definition) is 0. The van der Waals surface area contributed by atoms with Gasteiger partial charge >= 0.3 is 14.8 Å². The average Bonchev–Trinajstić information content (AvgIpc) is 3.23. The van der Waals surface area contributed by atoms with Crippen LogP contribution in [-0.4, -0.2) is 52.2 Å². The first-order valence-electron chi connectivity index (χ1n) is 7.37. The summed E-state index contributed by atoms with van der Waals surface area (Å²) in [5.74, 6) is 0.839. The van der Waals surface area contributed by atoms with E-state index in [0.29, 0.717) is 26.4 Å². The summed E-state index contributed by atoms with van der Waals surface area (Å²) in [6.45, 7) is 8.13. The van der Waals surface area contributed by atoms with Gasteiger partial charge in [0.2, 0.25) is 0 Å². The Balaban J connectivity index is 2.23. The molecule has 20 heavy (non-hydrogen) atoms. The van der Waals surface area contributed by atoms with Crippen LogP contribution in [0.15, 0.2) is 0 Å². The van der Waals surface area contributed by atoms with Crippen molar-refractivity contribution < 1.29 is 22.8 Å². The molecule has 1 saturated heterocycles. The highest BCUT2D eigenvalue weighted by molar-refractivity contribution is 8.07. The van der Waals surface area contributed by atoms with Gasteiger partial charge in [0, 0.05) is 31.6 Å². The van der Waals surface area contributed by atoms with Gasteiger partial charge in [0.15, 0.2) is 0 Å². The van der Waals surface area contributed by atoms with Crippen LogP contribution >= 0.6 is 11.8 Å². The highest BCUT2D eigenvalue weighted by Gasteiger charge is 2.39. The maximum absolute atomic E-state index is 11.4. The molecule has 1 aliphatic rings. The molecule has 1 atom stereocenters. The molecule has 1 heterocycles. The zero-order valence-electron chi connectivity index (χ0n) is 12.7. The first-order valence-corrected chi connectivity index (χ1v) is 10.4. The Kier molecular flexibility index (Phi) is 8.79. The second-order valence-electron chi connectivity index (χ2n) is 4.43. The number of esters is 1. The molecule has 0 aromatic heterocycles. The predicted octanol–water partition coefficient (Wildman–Crippen LogP) is 2.47. The molecule has 5 nitrogen and oxygen atoms in total. The predicted molar refractivity (Wildman–Crippen MR) is 81.9 cm³/mol. The van der Waals surface area contributed by atoms with Crippen molar-refractivity contribution >= 4 is 26.5 Å². The van der Waals surface area contributed by atoms with Crippen LogP contribution < -0.4 is 0 Å². The first kappa shape index (κ1) is 18.0. The van der Waals surface area contributed by atoms with Gasteiger partial charge < -0.3 is 18.0 Å². The third-order valence-corrected chi connectivity index (χ3v) is 6.82. The van der Waals surface area contributed by atoms with Crippen LogP contribution in [0.1, 0.15) is 33.6 Å². The van der Waals surface area contributed by atoms with E-state index in [2.05, 4.69) is 0 Å². The van der Waals surface area contributed by atoms with Gasteiger partial charge in [-0.1, -0.05) is 0 Å². The van der Waals surface area contributed by atoms with Gasteiger partial charge in [-0.15, -0.1) is 11.8 Å². The van der Waals surface area contributed by atoms with Gasteiger partial charge in [0.25, 0.3) is 0 Å². The fourth-order valence-electron chi connectivity index (χ4n) is 1.89. The van der Waals surface area contributed by atoms with Crippen LogP contribution in [0.5, 0.6) is 0 Å². The molecule has 0 aliphatic carbocycles. The summed E-state index contributed by atoms with van der Waals surface area (Å²) in [7, 11) is -2.53. The molecular weight excluding hydrogens is 296 g/mol. The van der Waals surface area contributed by atoms with Crippen molar-refractivity contribution in [3.8, 4) is 0 Å². The number of carbonyl (C=O) groups is 1. The average molecular weight is 322 g/mol. The largest absolute Gasteiger partial charge is 0.500 e. The Bertz CT molecular complexity index is 269. The van der Waals surface area contributed by atoms with Crippen LogP contribution in [0, 0.1) is 0 Å². The normalized spacial score (nSPS) is 18.1. The lowest BCUT2D eigenvalue weighted by Gasteiger charge is -2.28. The summed E-state index contributed by atoms with van der Waals surface area (Å²) in [5, 5.41) is 0.0961. The van der Waals surface area contributed by atoms with E-state index in [1.54, 1.807) is 11.8 Å². The first-order chi connectivity index (χ1) is 9.67. The van der Waals surface area contributed by atoms with Gasteiger partial charge in [0.1, 0.15) is 5.25 Å². The minimum Gasteiger partial charge on any atom is -0.465 e. The van der Waals surface area contributed by atoms with E-state index in [1.165, 1.54) is 0 Å². The third kappa shape index (κ3) is 6.58. The van der Waals surface area contributed by atoms with Gasteiger partial charge in [0.05, 0.1) is 6.61 Å². The molecule has 0 saturated carbocycles. The molecule has 0 spiro atoms. The standard InChI is InChI=1S/C13H26O5SSi/c1-4-16-20(17-5-2,18-6-3)10-8-7-9-15-13(14)12-11-19-12/h12H,4-11H2,1-3H3. The topological polar surface area (TPSA) is 54.0 Å². The summed E-state index contributed by atoms with van der Waals surface area (Å²) < 4.78 is 22.5. The van der Waals surface area contributed by atoms with Crippen molar-refractivity contribution in [2.24, 2.45) is 0 Å². The van der Waals surface area contributed by atoms with Crippen molar-refractivity contribution in [2.45, 2.75) is 44.9 Å². The minimum absolute atomic E-state index is 0.0714. The Morgan fingerprint density at radius 3 is 2.10 bits per heavy atom. The summed E-state index contributed by atoms with van der Waals surface area (Å²) in [6, 6.07) is 0.776. The fraction of sp³-hybridized carbons (Fsp3) is 0.923. The smallest absolute Gasteiger partial charge is 0.465 e. The molecular formula is C13H26O5SSi. The molecule has 0 aromatic rings. The van der Waals surface area contributed by atoms with Crippen LogP contribution in [0.4, 0.5) is 0 Å². The molecule has 0 amide bonds. The van der Waals surface area contributed by atoms with Crippen molar-refractivity contribution in [3.63, 3.8) is 0 Å². The number of thioether (sulfide) groups is 1. The highest BCUT2D eigenvalue weighted by Crippen LogP contribution is 2.31. The number of rotatable bonds is 12. The van der Waals surface area contributed by atoms with E-state index in [4.69, 9.17) is 18.0 Å². The fourth-order valence-corrected chi connectivity index (χ4v) is 5.02. The number of unbranched alkanes of at least 4 members (excludes halogenated alkanes) is 1. The second-order valence-corrected chi connectivity index (χ2v) is 8.40. The molecule has 7 heteroatoms. The van der Waals surface area contributed by atoms with Crippen molar-refractivity contribution in [3.05, 3.63) is 0 Å². The van der Waals surface area contributed by atoms with Crippen LogP contribution in [0.25, 0.3) is 0 Å². The summed E-state index contributed by atoms with van der Waals surface area (Å²) >= 11 is 1.64. The number of hydrogen-bond acceptors (Lipinski definition) is 6. The Labute approximate surface area is 127 Å². The van der Waals surface area contributed by atoms with Crippen LogP contribution in [0.3, 0.4) is 0 Å². The van der Waals surface area contributed by atoms with Crippen molar-refractivity contribution in [1.82, 2.24) is 0 Å². The van der Waals surface area contributed by atoms with E-state index in [-0.39, 0.29) is 11.2 Å². The van der Waals surface area contributed by atoms with Gasteiger partial charge in [-0.2, -0.15) is 0 Å². The van der Waals surface area contributed by atoms with E-state index >= 15 is 0 Å². The van der Waals surface area contributed by atoms with E-state index in [1.807, 2.05) is 20.8 Å². The zero-order chi connectivity index (χ0) is 14.8. The molecule has 0 bridgehead atoms. The maximum Gasteiger partial charge on any atom is 0.500 e. The van der Waals surface area contributed by atoms with Crippen LogP contribution in [-0.2, 0) is 22.8 Å². The Morgan fingerprint density at radius 1 is 1.10 bits per heavy atom. The molecule has 0 aromatic carbocycles. The van der Waals surface area contributed by atoms with Gasteiger partial charge in [-0.05, 0) is 33.6 Å². The quantitative estimate of drug-likeness (QED) is 0.238. The lowest BCUT2D eigenvalue weighted by Crippen LogP contribution is -2.45. The lowest BCUT2D eigenvalue weighted by molar-refractivity contribution is -0.142. The summed E-state index contributed by atoms with van der Waals surface area (Å²) in [5.41, 5.74) is 0. The second kappa shape index (κ2) is 9.78. The molecule has 118 valence electrons. The lowest BCUT2D eigenvalue weighted by atomic mass is 10.3. The Morgan fingerprint density at radius 2 is 1.65 bits per heavy atom. The monoisotopic (exact) mass is 322 g/mol.